The van der Waals surface area contributed by atoms with E-state index in [4.69, 9.17) is 9.47 Å². The first kappa shape index (κ1) is 16.2. The van der Waals surface area contributed by atoms with Gasteiger partial charge >= 0.3 is 5.97 Å². The van der Waals surface area contributed by atoms with Gasteiger partial charge in [0.15, 0.2) is 5.78 Å². The molecule has 0 amide bonds. The molecule has 1 aliphatic carbocycles. The van der Waals surface area contributed by atoms with Gasteiger partial charge in [-0.25, -0.2) is 0 Å². The van der Waals surface area contributed by atoms with Gasteiger partial charge < -0.3 is 9.47 Å². The molecule has 0 heterocycles. The van der Waals surface area contributed by atoms with Crippen LogP contribution in [0.4, 0.5) is 0 Å². The summed E-state index contributed by atoms with van der Waals surface area (Å²) in [6.07, 6.45) is 6.46. The van der Waals surface area contributed by atoms with Gasteiger partial charge in [-0.15, -0.1) is 0 Å². The van der Waals surface area contributed by atoms with Gasteiger partial charge in [0.2, 0.25) is 0 Å². The van der Waals surface area contributed by atoms with Crippen molar-refractivity contribution in [1.82, 2.24) is 0 Å². The van der Waals surface area contributed by atoms with Crippen LogP contribution in [0.25, 0.3) is 0 Å². The second-order valence-electron chi connectivity index (χ2n) is 5.15. The largest absolute Gasteiger partial charge is 0.466 e. The van der Waals surface area contributed by atoms with Gasteiger partial charge in [-0.05, 0) is 25.7 Å². The first-order valence-electron chi connectivity index (χ1n) is 7.46. The molecule has 0 aromatic rings. The van der Waals surface area contributed by atoms with Crippen LogP contribution in [-0.2, 0) is 19.1 Å². The molecule has 0 N–H and O–H groups in total. The Balaban J connectivity index is 2.19. The maximum atomic E-state index is 11.7. The van der Waals surface area contributed by atoms with Crippen LogP contribution in [0.15, 0.2) is 0 Å². The SMILES string of the molecule is CCOC(=O)CCC(=O)COC1CCCCC1CC. The highest BCUT2D eigenvalue weighted by Gasteiger charge is 2.24. The third-order valence-corrected chi connectivity index (χ3v) is 3.74. The van der Waals surface area contributed by atoms with Crippen molar-refractivity contribution in [2.24, 2.45) is 5.92 Å². The van der Waals surface area contributed by atoms with Crippen molar-refractivity contribution < 1.29 is 19.1 Å². The van der Waals surface area contributed by atoms with Gasteiger partial charge in [0.1, 0.15) is 6.61 Å². The summed E-state index contributed by atoms with van der Waals surface area (Å²) in [5.41, 5.74) is 0. The van der Waals surface area contributed by atoms with E-state index < -0.39 is 0 Å². The fourth-order valence-corrected chi connectivity index (χ4v) is 2.61. The zero-order valence-electron chi connectivity index (χ0n) is 12.2. The Morgan fingerprint density at radius 2 is 1.84 bits per heavy atom. The first-order chi connectivity index (χ1) is 9.17. The number of carbonyl (C=O) groups is 2. The third kappa shape index (κ3) is 6.19. The van der Waals surface area contributed by atoms with E-state index >= 15 is 0 Å². The average molecular weight is 270 g/mol. The molecule has 4 nitrogen and oxygen atoms in total. The van der Waals surface area contributed by atoms with Crippen molar-refractivity contribution >= 4 is 11.8 Å². The van der Waals surface area contributed by atoms with Crippen LogP contribution in [0.3, 0.4) is 0 Å². The maximum absolute atomic E-state index is 11.7. The molecule has 0 saturated heterocycles. The third-order valence-electron chi connectivity index (χ3n) is 3.74. The van der Waals surface area contributed by atoms with E-state index in [-0.39, 0.29) is 37.3 Å². The number of hydrogen-bond donors (Lipinski definition) is 0. The summed E-state index contributed by atoms with van der Waals surface area (Å²) in [7, 11) is 0. The van der Waals surface area contributed by atoms with Gasteiger partial charge in [0, 0.05) is 6.42 Å². The monoisotopic (exact) mass is 270 g/mol. The molecule has 1 saturated carbocycles. The molecule has 0 spiro atoms. The minimum atomic E-state index is -0.306. The first-order valence-corrected chi connectivity index (χ1v) is 7.46. The Kier molecular flexibility index (Phi) is 7.72. The molecule has 0 aromatic carbocycles. The zero-order chi connectivity index (χ0) is 14.1. The maximum Gasteiger partial charge on any atom is 0.306 e. The second kappa shape index (κ2) is 9.08. The van der Waals surface area contributed by atoms with E-state index in [9.17, 15) is 9.59 Å². The molecule has 2 atom stereocenters. The fraction of sp³-hybridized carbons (Fsp3) is 0.867. The van der Waals surface area contributed by atoms with E-state index in [0.29, 0.717) is 12.5 Å². The Bertz CT molecular complexity index is 288. The van der Waals surface area contributed by atoms with Gasteiger partial charge in [-0.3, -0.25) is 9.59 Å². The fourth-order valence-electron chi connectivity index (χ4n) is 2.61. The predicted molar refractivity (Wildman–Crippen MR) is 72.9 cm³/mol. The summed E-state index contributed by atoms with van der Waals surface area (Å²) in [6.45, 7) is 4.44. The smallest absolute Gasteiger partial charge is 0.306 e. The molecule has 2 unspecified atom stereocenters. The van der Waals surface area contributed by atoms with Crippen LogP contribution in [-0.4, -0.2) is 31.1 Å². The molecule has 19 heavy (non-hydrogen) atoms. The predicted octanol–water partition coefficient (Wildman–Crippen LogP) is 2.88. The summed E-state index contributed by atoms with van der Waals surface area (Å²) in [5.74, 6) is 0.278. The number of esters is 1. The van der Waals surface area contributed by atoms with Crippen molar-refractivity contribution in [1.29, 1.82) is 0 Å². The minimum Gasteiger partial charge on any atom is -0.466 e. The van der Waals surface area contributed by atoms with E-state index in [1.807, 2.05) is 0 Å². The molecule has 110 valence electrons. The average Bonchev–Trinajstić information content (AvgIpc) is 2.43. The highest BCUT2D eigenvalue weighted by molar-refractivity contribution is 5.83. The lowest BCUT2D eigenvalue weighted by atomic mass is 9.85. The van der Waals surface area contributed by atoms with E-state index in [0.717, 1.165) is 12.8 Å². The van der Waals surface area contributed by atoms with Crippen LogP contribution < -0.4 is 0 Å². The minimum absolute atomic E-state index is 0.00604. The Morgan fingerprint density at radius 3 is 2.53 bits per heavy atom. The van der Waals surface area contributed by atoms with Gasteiger partial charge in [0.25, 0.3) is 0 Å². The number of carbonyl (C=O) groups excluding carboxylic acids is 2. The molecule has 1 rings (SSSR count). The van der Waals surface area contributed by atoms with Gasteiger partial charge in [-0.2, -0.15) is 0 Å². The van der Waals surface area contributed by atoms with E-state index in [1.54, 1.807) is 6.92 Å². The Labute approximate surface area is 115 Å². The lowest BCUT2D eigenvalue weighted by molar-refractivity contribution is -0.145. The summed E-state index contributed by atoms with van der Waals surface area (Å²) in [5, 5.41) is 0. The van der Waals surface area contributed by atoms with Crippen LogP contribution in [0, 0.1) is 5.92 Å². The lowest BCUT2D eigenvalue weighted by Crippen LogP contribution is -2.29. The quantitative estimate of drug-likeness (QED) is 0.636. The molecule has 0 aromatic heterocycles. The summed E-state index contributed by atoms with van der Waals surface area (Å²) < 4.78 is 10.5. The summed E-state index contributed by atoms with van der Waals surface area (Å²) >= 11 is 0. The molecule has 0 radical (unpaired) electrons. The standard InChI is InChI=1S/C15H26O4/c1-3-12-7-5-6-8-14(12)19-11-13(16)9-10-15(17)18-4-2/h12,14H,3-11H2,1-2H3. The highest BCUT2D eigenvalue weighted by Crippen LogP contribution is 2.29. The normalized spacial score (nSPS) is 23.1. The second-order valence-corrected chi connectivity index (χ2v) is 5.15. The summed E-state index contributed by atoms with van der Waals surface area (Å²) in [4.78, 5) is 22.8. The van der Waals surface area contributed by atoms with Crippen LogP contribution in [0.5, 0.6) is 0 Å². The Morgan fingerprint density at radius 1 is 1.11 bits per heavy atom. The van der Waals surface area contributed by atoms with Crippen LogP contribution >= 0.6 is 0 Å². The van der Waals surface area contributed by atoms with E-state index in [2.05, 4.69) is 6.92 Å². The molecular weight excluding hydrogens is 244 g/mol. The van der Waals surface area contributed by atoms with Crippen molar-refractivity contribution in [3.8, 4) is 0 Å². The van der Waals surface area contributed by atoms with E-state index in [1.165, 1.54) is 19.3 Å². The molecule has 1 fully saturated rings. The number of ether oxygens (including phenoxy) is 2. The molecule has 0 aliphatic heterocycles. The lowest BCUT2D eigenvalue weighted by Gasteiger charge is -2.30. The number of Topliss-reactive ketones (excluding diaryl/α,β-unsaturated/α-hetero) is 1. The molecule has 1 aliphatic rings. The van der Waals surface area contributed by atoms with Crippen LogP contribution in [0.2, 0.25) is 0 Å². The van der Waals surface area contributed by atoms with Crippen molar-refractivity contribution in [2.45, 2.75) is 64.9 Å². The van der Waals surface area contributed by atoms with Crippen LogP contribution in [0.1, 0.15) is 58.8 Å². The molecular formula is C15H26O4. The molecule has 0 bridgehead atoms. The van der Waals surface area contributed by atoms with Crippen molar-refractivity contribution in [3.05, 3.63) is 0 Å². The zero-order valence-corrected chi connectivity index (χ0v) is 12.2. The number of ketones is 1. The Hall–Kier alpha value is -0.900. The topological polar surface area (TPSA) is 52.6 Å². The van der Waals surface area contributed by atoms with Gasteiger partial charge in [0.05, 0.1) is 19.1 Å². The van der Waals surface area contributed by atoms with Crippen molar-refractivity contribution in [2.75, 3.05) is 13.2 Å². The number of hydrogen-bond acceptors (Lipinski definition) is 4. The number of rotatable bonds is 8. The summed E-state index contributed by atoms with van der Waals surface area (Å²) in [6, 6.07) is 0. The van der Waals surface area contributed by atoms with Gasteiger partial charge in [-0.1, -0.05) is 26.2 Å². The highest BCUT2D eigenvalue weighted by atomic mass is 16.5. The molecule has 4 heteroatoms. The van der Waals surface area contributed by atoms with Crippen molar-refractivity contribution in [3.63, 3.8) is 0 Å².